The molecule has 2 saturated heterocycles. The molecule has 0 bridgehead atoms. The summed E-state index contributed by atoms with van der Waals surface area (Å²) in [7, 11) is 0. The second kappa shape index (κ2) is 9.78. The van der Waals surface area contributed by atoms with Gasteiger partial charge in [0.25, 0.3) is 0 Å². The smallest absolute Gasteiger partial charge is 0.381 e. The molecule has 0 aliphatic carbocycles. The molecule has 2 aliphatic rings. The van der Waals surface area contributed by atoms with Gasteiger partial charge >= 0.3 is 6.18 Å². The SMILES string of the molecule is Cc1cc(N[C@@H]2CCCN([C@H]3CN(c4ncnc(N)c4F)CC[C@@H]3C(N)=O)C2=O)cc(C(F)(F)F)c1. The molecule has 4 rings (SSSR count). The number of anilines is 3. The van der Waals surface area contributed by atoms with Gasteiger partial charge in [-0.3, -0.25) is 9.59 Å². The summed E-state index contributed by atoms with van der Waals surface area (Å²) in [4.78, 5) is 36.4. The number of nitrogens with two attached hydrogens (primary N) is 2. The van der Waals surface area contributed by atoms with Crippen molar-refractivity contribution in [3.8, 4) is 0 Å². The lowest BCUT2D eigenvalue weighted by Gasteiger charge is -2.46. The molecule has 36 heavy (non-hydrogen) atoms. The average molecular weight is 510 g/mol. The molecule has 2 amide bonds. The molecule has 0 radical (unpaired) electrons. The fourth-order valence-electron chi connectivity index (χ4n) is 4.96. The second-order valence-corrected chi connectivity index (χ2v) is 9.16. The molecule has 0 spiro atoms. The highest BCUT2D eigenvalue weighted by atomic mass is 19.4. The van der Waals surface area contributed by atoms with Crippen LogP contribution in [0.3, 0.4) is 0 Å². The van der Waals surface area contributed by atoms with Gasteiger partial charge < -0.3 is 26.6 Å². The highest BCUT2D eigenvalue weighted by Gasteiger charge is 2.43. The summed E-state index contributed by atoms with van der Waals surface area (Å²) in [5, 5.41) is 2.94. The van der Waals surface area contributed by atoms with Crippen molar-refractivity contribution in [2.75, 3.05) is 35.6 Å². The second-order valence-electron chi connectivity index (χ2n) is 9.16. The number of alkyl halides is 3. The number of piperidine rings is 2. The Morgan fingerprint density at radius 3 is 2.61 bits per heavy atom. The Morgan fingerprint density at radius 2 is 1.92 bits per heavy atom. The number of aryl methyl sites for hydroxylation is 1. The Bertz CT molecular complexity index is 1160. The van der Waals surface area contributed by atoms with Crippen LogP contribution in [0.15, 0.2) is 24.5 Å². The Kier molecular flexibility index (Phi) is 6.92. The predicted molar refractivity (Wildman–Crippen MR) is 124 cm³/mol. The summed E-state index contributed by atoms with van der Waals surface area (Å²) in [5.74, 6) is -2.77. The molecule has 1 aromatic carbocycles. The van der Waals surface area contributed by atoms with Gasteiger partial charge in [0.1, 0.15) is 12.4 Å². The van der Waals surface area contributed by atoms with Gasteiger partial charge in [0, 0.05) is 25.3 Å². The number of rotatable bonds is 5. The minimum Gasteiger partial charge on any atom is -0.381 e. The first-order chi connectivity index (χ1) is 17.0. The number of amides is 2. The molecule has 2 aromatic rings. The van der Waals surface area contributed by atoms with Gasteiger partial charge in [-0.05, 0) is 49.9 Å². The maximum Gasteiger partial charge on any atom is 0.416 e. The van der Waals surface area contributed by atoms with Gasteiger partial charge in [-0.1, -0.05) is 0 Å². The Hall–Kier alpha value is -3.64. The van der Waals surface area contributed by atoms with Gasteiger partial charge in [0.2, 0.25) is 17.6 Å². The molecule has 2 fully saturated rings. The molecule has 0 saturated carbocycles. The summed E-state index contributed by atoms with van der Waals surface area (Å²) < 4.78 is 54.4. The van der Waals surface area contributed by atoms with Crippen molar-refractivity contribution >= 4 is 29.1 Å². The minimum absolute atomic E-state index is 0.0333. The van der Waals surface area contributed by atoms with Crippen LogP contribution in [0.4, 0.5) is 34.9 Å². The quantitative estimate of drug-likeness (QED) is 0.528. The molecule has 1 aromatic heterocycles. The van der Waals surface area contributed by atoms with Gasteiger partial charge in [-0.2, -0.15) is 17.6 Å². The summed E-state index contributed by atoms with van der Waals surface area (Å²) in [6.45, 7) is 2.23. The molecular formula is C23H27F4N7O2. The zero-order valence-electron chi connectivity index (χ0n) is 19.6. The van der Waals surface area contributed by atoms with E-state index in [1.165, 1.54) is 11.0 Å². The highest BCUT2D eigenvalue weighted by molar-refractivity contribution is 5.87. The molecule has 5 N–H and O–H groups in total. The van der Waals surface area contributed by atoms with Gasteiger partial charge in [0.05, 0.1) is 17.5 Å². The van der Waals surface area contributed by atoms with E-state index in [9.17, 15) is 27.2 Å². The number of likely N-dealkylation sites (tertiary alicyclic amines) is 1. The van der Waals surface area contributed by atoms with E-state index in [0.29, 0.717) is 24.9 Å². The molecular weight excluding hydrogens is 482 g/mol. The summed E-state index contributed by atoms with van der Waals surface area (Å²) in [5.41, 5.74) is 11.0. The van der Waals surface area contributed by atoms with Gasteiger partial charge in [-0.15, -0.1) is 0 Å². The van der Waals surface area contributed by atoms with Crippen LogP contribution in [-0.4, -0.2) is 58.4 Å². The minimum atomic E-state index is -4.52. The lowest BCUT2D eigenvalue weighted by atomic mass is 9.87. The summed E-state index contributed by atoms with van der Waals surface area (Å²) in [6, 6.07) is 2.07. The van der Waals surface area contributed by atoms with Gasteiger partial charge in [-0.25, -0.2) is 9.97 Å². The van der Waals surface area contributed by atoms with Crippen molar-refractivity contribution in [3.63, 3.8) is 0 Å². The number of aromatic nitrogens is 2. The van der Waals surface area contributed by atoms with Crippen LogP contribution in [0.5, 0.6) is 0 Å². The maximum atomic E-state index is 14.6. The predicted octanol–water partition coefficient (Wildman–Crippen LogP) is 2.31. The number of hydrogen-bond acceptors (Lipinski definition) is 7. The normalized spacial score (nSPS) is 23.0. The zero-order chi connectivity index (χ0) is 26.2. The first-order valence-corrected chi connectivity index (χ1v) is 11.5. The Morgan fingerprint density at radius 1 is 1.17 bits per heavy atom. The van der Waals surface area contributed by atoms with Gasteiger partial charge in [0.15, 0.2) is 11.6 Å². The van der Waals surface area contributed by atoms with Crippen LogP contribution in [0.1, 0.15) is 30.4 Å². The fourth-order valence-corrected chi connectivity index (χ4v) is 4.96. The topological polar surface area (TPSA) is 130 Å². The van der Waals surface area contributed by atoms with Crippen molar-refractivity contribution in [1.29, 1.82) is 0 Å². The van der Waals surface area contributed by atoms with Crippen molar-refractivity contribution in [2.45, 2.75) is 44.4 Å². The third-order valence-electron chi connectivity index (χ3n) is 6.66. The largest absolute Gasteiger partial charge is 0.416 e. The standard InChI is InChI=1S/C23H27F4N7O2/c1-12-7-13(23(25,26)27)9-14(8-12)32-16-3-2-5-34(22(16)36)17-10-33(6-4-15(17)20(29)35)21-18(24)19(28)30-11-31-21/h7-9,11,15-17,32H,2-6,10H2,1H3,(H2,29,35)(H2,28,30,31)/t15-,16+,17-/m0/s1. The summed E-state index contributed by atoms with van der Waals surface area (Å²) >= 11 is 0. The van der Waals surface area contributed by atoms with E-state index in [4.69, 9.17) is 11.5 Å². The number of primary amides is 1. The molecule has 13 heteroatoms. The van der Waals surface area contributed by atoms with E-state index in [-0.39, 0.29) is 42.7 Å². The summed E-state index contributed by atoms with van der Waals surface area (Å²) in [6.07, 6.45) is -2.17. The van der Waals surface area contributed by atoms with Crippen molar-refractivity contribution in [3.05, 3.63) is 41.5 Å². The number of nitrogens with zero attached hydrogens (tertiary/aromatic N) is 4. The molecule has 3 heterocycles. The van der Waals surface area contributed by atoms with Crippen molar-refractivity contribution in [1.82, 2.24) is 14.9 Å². The van der Waals surface area contributed by atoms with E-state index in [1.54, 1.807) is 11.8 Å². The highest BCUT2D eigenvalue weighted by Crippen LogP contribution is 2.34. The van der Waals surface area contributed by atoms with E-state index >= 15 is 0 Å². The molecule has 9 nitrogen and oxygen atoms in total. The number of carbonyl (C=O) groups is 2. The number of halogens is 4. The number of nitrogens with one attached hydrogen (secondary N) is 1. The van der Waals surface area contributed by atoms with Crippen LogP contribution in [0.2, 0.25) is 0 Å². The molecule has 2 aliphatic heterocycles. The lowest BCUT2D eigenvalue weighted by Crippen LogP contribution is -2.61. The van der Waals surface area contributed by atoms with E-state index in [2.05, 4.69) is 15.3 Å². The monoisotopic (exact) mass is 509 g/mol. The van der Waals surface area contributed by atoms with E-state index < -0.39 is 41.5 Å². The molecule has 194 valence electrons. The average Bonchev–Trinajstić information content (AvgIpc) is 2.81. The third kappa shape index (κ3) is 5.14. The molecule has 3 atom stereocenters. The zero-order valence-corrected chi connectivity index (χ0v) is 19.6. The van der Waals surface area contributed by atoms with E-state index in [1.807, 2.05) is 0 Å². The Balaban J connectivity index is 1.57. The van der Waals surface area contributed by atoms with E-state index in [0.717, 1.165) is 18.5 Å². The van der Waals surface area contributed by atoms with Crippen molar-refractivity contribution in [2.24, 2.45) is 11.7 Å². The van der Waals surface area contributed by atoms with Crippen LogP contribution in [0, 0.1) is 18.7 Å². The van der Waals surface area contributed by atoms with Crippen LogP contribution < -0.4 is 21.7 Å². The lowest BCUT2D eigenvalue weighted by molar-refractivity contribution is -0.140. The number of hydrogen-bond donors (Lipinski definition) is 3. The first kappa shape index (κ1) is 25.5. The molecule has 0 unspecified atom stereocenters. The fraction of sp³-hybridized carbons (Fsp3) is 0.478. The van der Waals surface area contributed by atoms with Crippen LogP contribution in [-0.2, 0) is 15.8 Å². The number of nitrogen functional groups attached to an aromatic ring is 1. The van der Waals surface area contributed by atoms with Crippen LogP contribution >= 0.6 is 0 Å². The third-order valence-corrected chi connectivity index (χ3v) is 6.66. The number of carbonyl (C=O) groups excluding carboxylic acids is 2. The maximum absolute atomic E-state index is 14.6. The Labute approximate surface area is 204 Å². The van der Waals surface area contributed by atoms with Crippen molar-refractivity contribution < 1.29 is 27.2 Å². The first-order valence-electron chi connectivity index (χ1n) is 11.5. The van der Waals surface area contributed by atoms with Crippen LogP contribution in [0.25, 0.3) is 0 Å². The number of benzene rings is 1.